The fourth-order valence-corrected chi connectivity index (χ4v) is 1.72. The van der Waals surface area contributed by atoms with Crippen molar-refractivity contribution in [1.29, 1.82) is 5.26 Å². The van der Waals surface area contributed by atoms with Gasteiger partial charge in [0, 0.05) is 11.8 Å². The predicted octanol–water partition coefficient (Wildman–Crippen LogP) is 2.66. The van der Waals surface area contributed by atoms with Gasteiger partial charge in [0.15, 0.2) is 0 Å². The van der Waals surface area contributed by atoms with Gasteiger partial charge in [0.2, 0.25) is 0 Å². The number of carbonyl (C=O) groups excluding carboxylic acids is 1. The monoisotopic (exact) mass is 286 g/mol. The van der Waals surface area contributed by atoms with Crippen LogP contribution < -0.4 is 10.1 Å². The first kappa shape index (κ1) is 14.3. The molecule has 0 atom stereocenters. The first-order valence-corrected chi connectivity index (χ1v) is 5.93. The summed E-state index contributed by atoms with van der Waals surface area (Å²) in [5, 5.41) is 21.0. The van der Waals surface area contributed by atoms with Gasteiger partial charge >= 0.3 is 0 Å². The van der Waals surface area contributed by atoms with Gasteiger partial charge < -0.3 is 15.2 Å². The molecule has 0 saturated carbocycles. The number of rotatable bonds is 3. The second-order valence-corrected chi connectivity index (χ2v) is 4.14. The number of nitrogens with one attached hydrogen (secondary N) is 1. The van der Waals surface area contributed by atoms with Gasteiger partial charge in [0.1, 0.15) is 23.4 Å². The first-order valence-electron chi connectivity index (χ1n) is 5.93. The molecule has 0 aliphatic heterocycles. The van der Waals surface area contributed by atoms with E-state index in [9.17, 15) is 14.3 Å². The van der Waals surface area contributed by atoms with Gasteiger partial charge in [-0.2, -0.15) is 5.26 Å². The molecule has 0 bridgehead atoms. The van der Waals surface area contributed by atoms with Crippen LogP contribution in [0.2, 0.25) is 0 Å². The number of benzene rings is 2. The highest BCUT2D eigenvalue weighted by Crippen LogP contribution is 2.24. The van der Waals surface area contributed by atoms with Crippen molar-refractivity contribution in [3.63, 3.8) is 0 Å². The van der Waals surface area contributed by atoms with Crippen LogP contribution in [0.15, 0.2) is 36.4 Å². The van der Waals surface area contributed by atoms with Crippen molar-refractivity contribution in [3.8, 4) is 17.6 Å². The molecule has 6 heteroatoms. The summed E-state index contributed by atoms with van der Waals surface area (Å²) in [6.45, 7) is 0. The van der Waals surface area contributed by atoms with Crippen molar-refractivity contribution in [1.82, 2.24) is 0 Å². The first-order chi connectivity index (χ1) is 10.0. The summed E-state index contributed by atoms with van der Waals surface area (Å²) < 4.78 is 18.1. The lowest BCUT2D eigenvalue weighted by Gasteiger charge is -2.08. The van der Waals surface area contributed by atoms with Crippen LogP contribution >= 0.6 is 0 Å². The third-order valence-electron chi connectivity index (χ3n) is 2.79. The highest BCUT2D eigenvalue weighted by atomic mass is 19.1. The van der Waals surface area contributed by atoms with Crippen molar-refractivity contribution >= 4 is 11.6 Å². The smallest absolute Gasteiger partial charge is 0.259 e. The fourth-order valence-electron chi connectivity index (χ4n) is 1.72. The molecule has 0 spiro atoms. The Labute approximate surface area is 120 Å². The zero-order chi connectivity index (χ0) is 15.4. The maximum absolute atomic E-state index is 13.2. The molecule has 2 aromatic rings. The van der Waals surface area contributed by atoms with Crippen molar-refractivity contribution in [2.24, 2.45) is 0 Å². The van der Waals surface area contributed by atoms with Crippen molar-refractivity contribution in [2.75, 3.05) is 12.4 Å². The summed E-state index contributed by atoms with van der Waals surface area (Å²) in [5.74, 6) is -1.07. The van der Waals surface area contributed by atoms with Crippen LogP contribution in [-0.2, 0) is 0 Å². The predicted molar refractivity (Wildman–Crippen MR) is 73.7 cm³/mol. The Bertz CT molecular complexity index is 738. The van der Waals surface area contributed by atoms with Crippen LogP contribution in [0, 0.1) is 17.1 Å². The lowest BCUT2D eigenvalue weighted by molar-refractivity contribution is 0.102. The summed E-state index contributed by atoms with van der Waals surface area (Å²) in [4.78, 5) is 12.0. The Hall–Kier alpha value is -3.07. The number of aromatic hydroxyl groups is 1. The van der Waals surface area contributed by atoms with E-state index in [1.165, 1.54) is 37.4 Å². The number of carbonyl (C=O) groups is 1. The summed E-state index contributed by atoms with van der Waals surface area (Å²) >= 11 is 0. The number of nitriles is 1. The van der Waals surface area contributed by atoms with E-state index in [2.05, 4.69) is 5.32 Å². The third kappa shape index (κ3) is 3.09. The van der Waals surface area contributed by atoms with Crippen LogP contribution in [0.3, 0.4) is 0 Å². The Morgan fingerprint density at radius 1 is 1.33 bits per heavy atom. The molecule has 0 aliphatic carbocycles. The van der Waals surface area contributed by atoms with Gasteiger partial charge in [-0.25, -0.2) is 4.39 Å². The van der Waals surface area contributed by atoms with E-state index >= 15 is 0 Å². The summed E-state index contributed by atoms with van der Waals surface area (Å²) in [7, 11) is 1.44. The molecule has 2 aromatic carbocycles. The minimum Gasteiger partial charge on any atom is -0.507 e. The molecule has 0 aliphatic rings. The number of hydrogen-bond donors (Lipinski definition) is 2. The highest BCUT2D eigenvalue weighted by molar-refractivity contribution is 6.06. The topological polar surface area (TPSA) is 82.3 Å². The molecular formula is C15H11FN2O3. The van der Waals surface area contributed by atoms with Gasteiger partial charge in [0.25, 0.3) is 5.91 Å². The lowest BCUT2D eigenvalue weighted by atomic mass is 10.1. The fraction of sp³-hybridized carbons (Fsp3) is 0.0667. The molecular weight excluding hydrogens is 275 g/mol. The summed E-state index contributed by atoms with van der Waals surface area (Å²) in [6, 6.07) is 9.55. The maximum atomic E-state index is 13.2. The molecule has 0 radical (unpaired) electrons. The lowest BCUT2D eigenvalue weighted by Crippen LogP contribution is -2.12. The number of hydrogen-bond acceptors (Lipinski definition) is 4. The van der Waals surface area contributed by atoms with Crippen LogP contribution in [0.5, 0.6) is 11.5 Å². The molecule has 5 nitrogen and oxygen atoms in total. The van der Waals surface area contributed by atoms with Gasteiger partial charge in [-0.1, -0.05) is 0 Å². The largest absolute Gasteiger partial charge is 0.507 e. The molecule has 0 aromatic heterocycles. The number of phenolic OH excluding ortho intramolecular Hbond substituents is 1. The average Bonchev–Trinajstić information content (AvgIpc) is 2.48. The van der Waals surface area contributed by atoms with Gasteiger partial charge in [-0.3, -0.25) is 4.79 Å². The summed E-state index contributed by atoms with van der Waals surface area (Å²) in [6.07, 6.45) is 0. The van der Waals surface area contributed by atoms with Crippen LogP contribution in [0.1, 0.15) is 15.9 Å². The van der Waals surface area contributed by atoms with Gasteiger partial charge in [-0.15, -0.1) is 0 Å². The number of phenols is 1. The second-order valence-electron chi connectivity index (χ2n) is 4.14. The Morgan fingerprint density at radius 3 is 2.71 bits per heavy atom. The van der Waals surface area contributed by atoms with Crippen LogP contribution in [0.25, 0.3) is 0 Å². The molecule has 0 fully saturated rings. The molecule has 1 amide bonds. The van der Waals surface area contributed by atoms with Gasteiger partial charge in [-0.05, 0) is 30.3 Å². The molecule has 0 saturated heterocycles. The van der Waals surface area contributed by atoms with E-state index in [0.29, 0.717) is 5.75 Å². The third-order valence-corrected chi connectivity index (χ3v) is 2.79. The highest BCUT2D eigenvalue weighted by Gasteiger charge is 2.13. The quantitative estimate of drug-likeness (QED) is 0.908. The minimum absolute atomic E-state index is 0.0404. The molecule has 0 heterocycles. The van der Waals surface area contributed by atoms with E-state index in [4.69, 9.17) is 10.00 Å². The second kappa shape index (κ2) is 5.92. The molecule has 2 rings (SSSR count). The maximum Gasteiger partial charge on any atom is 0.259 e. The van der Waals surface area contributed by atoms with Crippen LogP contribution in [0.4, 0.5) is 10.1 Å². The molecule has 0 unspecified atom stereocenters. The van der Waals surface area contributed by atoms with E-state index in [0.717, 1.165) is 6.07 Å². The van der Waals surface area contributed by atoms with E-state index in [-0.39, 0.29) is 22.6 Å². The van der Waals surface area contributed by atoms with Crippen molar-refractivity contribution < 1.29 is 19.0 Å². The summed E-state index contributed by atoms with van der Waals surface area (Å²) in [5.41, 5.74) is 0.124. The number of amides is 1. The van der Waals surface area contributed by atoms with Crippen LogP contribution in [-0.4, -0.2) is 18.1 Å². The molecule has 2 N–H and O–H groups in total. The molecule has 21 heavy (non-hydrogen) atoms. The van der Waals surface area contributed by atoms with E-state index < -0.39 is 11.7 Å². The zero-order valence-electron chi connectivity index (χ0n) is 11.1. The number of halogens is 1. The van der Waals surface area contributed by atoms with Crippen molar-refractivity contribution in [2.45, 2.75) is 0 Å². The Kier molecular flexibility index (Phi) is 4.05. The van der Waals surface area contributed by atoms with Gasteiger partial charge in [0.05, 0.1) is 18.2 Å². The minimum atomic E-state index is -0.664. The number of anilines is 1. The Balaban J connectivity index is 2.24. The number of ether oxygens (including phenoxy) is 1. The number of methoxy groups -OCH3 is 1. The van der Waals surface area contributed by atoms with E-state index in [1.54, 1.807) is 6.07 Å². The number of nitrogens with zero attached hydrogens (tertiary/aromatic N) is 1. The zero-order valence-corrected chi connectivity index (χ0v) is 11.1. The Morgan fingerprint density at radius 2 is 2.10 bits per heavy atom. The SMILES string of the molecule is COc1ccc(C(=O)Nc2ccc(F)c(C#N)c2)c(O)c1. The normalized spacial score (nSPS) is 9.76. The standard InChI is InChI=1S/C15H11FN2O3/c1-21-11-3-4-12(14(19)7-11)15(20)18-10-2-5-13(16)9(6-10)8-17/h2-7,19H,1H3,(H,18,20). The molecule has 106 valence electrons. The average molecular weight is 286 g/mol. The van der Waals surface area contributed by atoms with Crippen molar-refractivity contribution in [3.05, 3.63) is 53.3 Å². The van der Waals surface area contributed by atoms with E-state index in [1.807, 2.05) is 0 Å².